The highest BCUT2D eigenvalue weighted by molar-refractivity contribution is 5.67. The maximum absolute atomic E-state index is 10.3. The Morgan fingerprint density at radius 2 is 1.93 bits per heavy atom. The van der Waals surface area contributed by atoms with Crippen molar-refractivity contribution in [3.8, 4) is 0 Å². The highest BCUT2D eigenvalue weighted by atomic mass is 16.4. The molecule has 84 valence electrons. The molecule has 2 atom stereocenters. The van der Waals surface area contributed by atoms with E-state index in [0.29, 0.717) is 0 Å². The number of carboxylic acids is 1. The Labute approximate surface area is 86.1 Å². The van der Waals surface area contributed by atoms with Crippen LogP contribution in [-0.2, 0) is 4.79 Å². The highest BCUT2D eigenvalue weighted by Gasteiger charge is 2.16. The number of hydrogen-bond donors (Lipinski definition) is 2. The van der Waals surface area contributed by atoms with Gasteiger partial charge in [-0.3, -0.25) is 4.79 Å². The van der Waals surface area contributed by atoms with Crippen molar-refractivity contribution in [2.45, 2.75) is 58.5 Å². The second-order valence-electron chi connectivity index (χ2n) is 3.99. The second-order valence-corrected chi connectivity index (χ2v) is 3.99. The van der Waals surface area contributed by atoms with Gasteiger partial charge in [0.1, 0.15) is 0 Å². The van der Waals surface area contributed by atoms with Crippen LogP contribution in [0.25, 0.3) is 0 Å². The Morgan fingerprint density at radius 3 is 2.43 bits per heavy atom. The van der Waals surface area contributed by atoms with Gasteiger partial charge in [-0.15, -0.1) is 0 Å². The Bertz CT molecular complexity index is 157. The molecule has 0 aromatic carbocycles. The van der Waals surface area contributed by atoms with Gasteiger partial charge >= 0.3 is 5.97 Å². The van der Waals surface area contributed by atoms with Gasteiger partial charge in [0.25, 0.3) is 0 Å². The third kappa shape index (κ3) is 6.89. The van der Waals surface area contributed by atoms with E-state index in [1.165, 1.54) is 19.3 Å². The number of rotatable bonds is 8. The van der Waals surface area contributed by atoms with Gasteiger partial charge < -0.3 is 10.2 Å². The summed E-state index contributed by atoms with van der Waals surface area (Å²) in [5, 5.41) is 17.9. The number of aliphatic carboxylic acids is 1. The van der Waals surface area contributed by atoms with Crippen LogP contribution in [0.2, 0.25) is 0 Å². The summed E-state index contributed by atoms with van der Waals surface area (Å²) in [6, 6.07) is 0. The molecule has 2 N–H and O–H groups in total. The van der Waals surface area contributed by atoms with Gasteiger partial charge in [-0.2, -0.15) is 0 Å². The number of aliphatic hydroxyl groups excluding tert-OH is 1. The maximum atomic E-state index is 10.3. The molecule has 0 heterocycles. The van der Waals surface area contributed by atoms with Crippen LogP contribution in [0.5, 0.6) is 0 Å². The number of aliphatic hydroxyl groups is 1. The molecule has 0 aliphatic heterocycles. The molecule has 0 saturated carbocycles. The Hall–Kier alpha value is -0.570. The molecule has 0 aliphatic carbocycles. The number of unbranched alkanes of at least 4 members (excludes halogenated alkanes) is 3. The molecular formula is C11H22O3. The first-order valence-corrected chi connectivity index (χ1v) is 5.47. The number of hydrogen-bond acceptors (Lipinski definition) is 2. The fraction of sp³-hybridized carbons (Fsp3) is 0.909. The molecule has 0 spiro atoms. The maximum Gasteiger partial charge on any atom is 0.305 e. The summed E-state index contributed by atoms with van der Waals surface area (Å²) in [6.07, 6.45) is 4.80. The molecule has 0 saturated heterocycles. The van der Waals surface area contributed by atoms with E-state index in [1.54, 1.807) is 0 Å². The third-order valence-electron chi connectivity index (χ3n) is 2.55. The molecule has 0 aromatic heterocycles. The molecule has 3 heteroatoms. The zero-order valence-corrected chi connectivity index (χ0v) is 9.20. The van der Waals surface area contributed by atoms with Crippen molar-refractivity contribution < 1.29 is 15.0 Å². The van der Waals surface area contributed by atoms with E-state index in [0.717, 1.165) is 12.8 Å². The standard InChI is InChI=1S/C11H22O3/c1-3-4-5-6-7-9(2)10(12)8-11(13)14/h9-10,12H,3-8H2,1-2H3,(H,13,14)/t9-,10-/m1/s1. The first-order chi connectivity index (χ1) is 6.57. The minimum Gasteiger partial charge on any atom is -0.481 e. The molecule has 0 aliphatic rings. The van der Waals surface area contributed by atoms with Gasteiger partial charge in [0.15, 0.2) is 0 Å². The second kappa shape index (κ2) is 7.80. The highest BCUT2D eigenvalue weighted by Crippen LogP contribution is 2.16. The van der Waals surface area contributed by atoms with E-state index in [-0.39, 0.29) is 12.3 Å². The van der Waals surface area contributed by atoms with E-state index in [1.807, 2.05) is 6.92 Å². The van der Waals surface area contributed by atoms with Crippen LogP contribution in [0, 0.1) is 5.92 Å². The lowest BCUT2D eigenvalue weighted by Crippen LogP contribution is -2.21. The molecule has 0 fully saturated rings. The Morgan fingerprint density at radius 1 is 1.29 bits per heavy atom. The lowest BCUT2D eigenvalue weighted by molar-refractivity contribution is -0.139. The van der Waals surface area contributed by atoms with Crippen molar-refractivity contribution in [3.63, 3.8) is 0 Å². The predicted molar refractivity (Wildman–Crippen MR) is 56.2 cm³/mol. The van der Waals surface area contributed by atoms with E-state index in [2.05, 4.69) is 6.92 Å². The lowest BCUT2D eigenvalue weighted by atomic mass is 9.95. The summed E-state index contributed by atoms with van der Waals surface area (Å²) in [5.74, 6) is -0.819. The summed E-state index contributed by atoms with van der Waals surface area (Å²) in [5.41, 5.74) is 0. The van der Waals surface area contributed by atoms with E-state index in [9.17, 15) is 9.90 Å². The molecule has 0 bridgehead atoms. The molecule has 0 radical (unpaired) electrons. The van der Waals surface area contributed by atoms with E-state index >= 15 is 0 Å². The Balaban J connectivity index is 3.51. The molecule has 0 aromatic rings. The van der Waals surface area contributed by atoms with Gasteiger partial charge in [-0.25, -0.2) is 0 Å². The van der Waals surface area contributed by atoms with Crippen LogP contribution in [0.15, 0.2) is 0 Å². The van der Waals surface area contributed by atoms with Crippen LogP contribution in [0.1, 0.15) is 52.4 Å². The van der Waals surface area contributed by atoms with Crippen LogP contribution < -0.4 is 0 Å². The average Bonchev–Trinajstić information content (AvgIpc) is 2.11. The van der Waals surface area contributed by atoms with E-state index < -0.39 is 12.1 Å². The van der Waals surface area contributed by atoms with E-state index in [4.69, 9.17) is 5.11 Å². The fourth-order valence-corrected chi connectivity index (χ4v) is 1.47. The Kier molecular flexibility index (Phi) is 7.48. The SMILES string of the molecule is CCCCCC[C@@H](C)[C@H](O)CC(=O)O. The predicted octanol–water partition coefficient (Wildman–Crippen LogP) is 2.43. The number of carbonyl (C=O) groups is 1. The summed E-state index contributed by atoms with van der Waals surface area (Å²) in [4.78, 5) is 10.3. The molecule has 14 heavy (non-hydrogen) atoms. The van der Waals surface area contributed by atoms with Crippen molar-refractivity contribution in [1.29, 1.82) is 0 Å². The number of carboxylic acid groups (broad SMARTS) is 1. The van der Waals surface area contributed by atoms with Crippen molar-refractivity contribution in [1.82, 2.24) is 0 Å². The van der Waals surface area contributed by atoms with Gasteiger partial charge in [0.05, 0.1) is 12.5 Å². The molecule has 3 nitrogen and oxygen atoms in total. The zero-order chi connectivity index (χ0) is 11.0. The topological polar surface area (TPSA) is 57.5 Å². The molecule has 0 rings (SSSR count). The quantitative estimate of drug-likeness (QED) is 0.594. The monoisotopic (exact) mass is 202 g/mol. The van der Waals surface area contributed by atoms with Crippen LogP contribution in [0.4, 0.5) is 0 Å². The summed E-state index contributed by atoms with van der Waals surface area (Å²) >= 11 is 0. The van der Waals surface area contributed by atoms with Crippen molar-refractivity contribution in [3.05, 3.63) is 0 Å². The zero-order valence-electron chi connectivity index (χ0n) is 9.20. The van der Waals surface area contributed by atoms with Gasteiger partial charge in [-0.05, 0) is 12.3 Å². The van der Waals surface area contributed by atoms with Crippen LogP contribution in [0.3, 0.4) is 0 Å². The van der Waals surface area contributed by atoms with Crippen molar-refractivity contribution >= 4 is 5.97 Å². The molecule has 0 amide bonds. The van der Waals surface area contributed by atoms with Gasteiger partial charge in [0.2, 0.25) is 0 Å². The van der Waals surface area contributed by atoms with Crippen LogP contribution in [-0.4, -0.2) is 22.3 Å². The molecule has 0 unspecified atom stereocenters. The lowest BCUT2D eigenvalue weighted by Gasteiger charge is -2.16. The largest absolute Gasteiger partial charge is 0.481 e. The summed E-state index contributed by atoms with van der Waals surface area (Å²) < 4.78 is 0. The third-order valence-corrected chi connectivity index (χ3v) is 2.55. The first kappa shape index (κ1) is 13.4. The minimum atomic E-state index is -0.919. The minimum absolute atomic E-state index is 0.1000. The van der Waals surface area contributed by atoms with Gasteiger partial charge in [-0.1, -0.05) is 39.5 Å². The normalized spacial score (nSPS) is 15.1. The first-order valence-electron chi connectivity index (χ1n) is 5.47. The van der Waals surface area contributed by atoms with Crippen molar-refractivity contribution in [2.75, 3.05) is 0 Å². The molecular weight excluding hydrogens is 180 g/mol. The fourth-order valence-electron chi connectivity index (χ4n) is 1.47. The summed E-state index contributed by atoms with van der Waals surface area (Å²) in [6.45, 7) is 4.07. The van der Waals surface area contributed by atoms with Gasteiger partial charge in [0, 0.05) is 0 Å². The van der Waals surface area contributed by atoms with Crippen molar-refractivity contribution in [2.24, 2.45) is 5.92 Å². The smallest absolute Gasteiger partial charge is 0.305 e. The van der Waals surface area contributed by atoms with Crippen LogP contribution >= 0.6 is 0 Å². The average molecular weight is 202 g/mol. The summed E-state index contributed by atoms with van der Waals surface area (Å²) in [7, 11) is 0.